The van der Waals surface area contributed by atoms with E-state index in [2.05, 4.69) is 154 Å². The first kappa shape index (κ1) is 25.5. The fourth-order valence-electron chi connectivity index (χ4n) is 6.81. The van der Waals surface area contributed by atoms with Crippen LogP contribution >= 0.6 is 0 Å². The number of anilines is 3. The summed E-state index contributed by atoms with van der Waals surface area (Å²) in [4.78, 5) is 12.7. The van der Waals surface area contributed by atoms with Crippen LogP contribution in [0.3, 0.4) is 0 Å². The first-order valence-corrected chi connectivity index (χ1v) is 15.4. The lowest BCUT2D eigenvalue weighted by atomic mass is 9.99. The molecule has 1 aliphatic rings. The van der Waals surface area contributed by atoms with Gasteiger partial charge in [0.25, 0.3) is 0 Å². The molecular weight excluding hydrogens is 550 g/mol. The van der Waals surface area contributed by atoms with Crippen LogP contribution in [0.4, 0.5) is 17.1 Å². The average Bonchev–Trinajstić information content (AvgIpc) is 3.70. The number of fused-ring (bicyclic) bond motifs is 3. The summed E-state index contributed by atoms with van der Waals surface area (Å²) in [6, 6.07) is 51.3. The number of rotatable bonds is 5. The molecule has 0 fully saturated rings. The van der Waals surface area contributed by atoms with Crippen molar-refractivity contribution in [2.24, 2.45) is 0 Å². The normalized spacial score (nSPS) is 12.2. The third kappa shape index (κ3) is 3.87. The molecule has 0 saturated carbocycles. The fourth-order valence-corrected chi connectivity index (χ4v) is 6.81. The van der Waals surface area contributed by atoms with Crippen LogP contribution in [0.1, 0.15) is 12.7 Å². The van der Waals surface area contributed by atoms with E-state index in [4.69, 9.17) is 9.97 Å². The van der Waals surface area contributed by atoms with Crippen LogP contribution < -0.4 is 4.90 Å². The van der Waals surface area contributed by atoms with E-state index in [1.54, 1.807) is 0 Å². The van der Waals surface area contributed by atoms with Crippen molar-refractivity contribution in [3.8, 4) is 33.9 Å². The Balaban J connectivity index is 1.21. The zero-order valence-electron chi connectivity index (χ0n) is 24.8. The summed E-state index contributed by atoms with van der Waals surface area (Å²) in [5.41, 5.74) is 13.2. The SMILES string of the molecule is CCc1nc2c(-c3ccc(-c4nc5ccccc5n4-c4ccccc4)cc3)ccc3c2n1-c1ccccc1N3c1ccccc1. The molecule has 214 valence electrons. The summed E-state index contributed by atoms with van der Waals surface area (Å²) in [5, 5.41) is 0. The highest BCUT2D eigenvalue weighted by atomic mass is 15.2. The van der Waals surface area contributed by atoms with Crippen LogP contribution in [0.15, 0.2) is 146 Å². The van der Waals surface area contributed by atoms with Crippen molar-refractivity contribution in [1.82, 2.24) is 19.1 Å². The molecule has 45 heavy (non-hydrogen) atoms. The van der Waals surface area contributed by atoms with Gasteiger partial charge in [0.05, 0.1) is 39.1 Å². The molecule has 0 unspecified atom stereocenters. The quantitative estimate of drug-likeness (QED) is 0.204. The molecule has 0 atom stereocenters. The van der Waals surface area contributed by atoms with E-state index in [1.807, 2.05) is 12.1 Å². The maximum atomic E-state index is 5.29. The largest absolute Gasteiger partial charge is 0.306 e. The standard InChI is InChI=1S/C40H29N5/c1-2-37-42-38-31(25-26-36-39(38)45(37)35-20-12-11-19-34(35)43(36)29-13-5-3-6-14-29)27-21-23-28(24-22-27)40-41-32-17-9-10-18-33(32)44(40)30-15-7-4-8-16-30/h3-26H,2H2,1H3. The monoisotopic (exact) mass is 579 g/mol. The number of para-hydroxylation sites is 6. The van der Waals surface area contributed by atoms with Gasteiger partial charge in [-0.1, -0.05) is 91.9 Å². The molecule has 0 amide bonds. The van der Waals surface area contributed by atoms with Gasteiger partial charge in [-0.2, -0.15) is 0 Å². The second-order valence-electron chi connectivity index (χ2n) is 11.4. The Kier molecular flexibility index (Phi) is 5.72. The maximum absolute atomic E-state index is 5.29. The highest BCUT2D eigenvalue weighted by molar-refractivity contribution is 6.06. The molecule has 5 heteroatoms. The van der Waals surface area contributed by atoms with Gasteiger partial charge in [0.15, 0.2) is 0 Å². The number of aromatic nitrogens is 4. The topological polar surface area (TPSA) is 38.9 Å². The van der Waals surface area contributed by atoms with Crippen LogP contribution in [0, 0.1) is 0 Å². The number of hydrogen-bond acceptors (Lipinski definition) is 3. The lowest BCUT2D eigenvalue weighted by molar-refractivity contribution is 0.900. The van der Waals surface area contributed by atoms with Crippen LogP contribution in [0.2, 0.25) is 0 Å². The average molecular weight is 580 g/mol. The Morgan fingerprint density at radius 3 is 1.91 bits per heavy atom. The molecule has 0 spiro atoms. The van der Waals surface area contributed by atoms with Crippen molar-refractivity contribution >= 4 is 39.1 Å². The molecule has 0 saturated heterocycles. The van der Waals surface area contributed by atoms with Crippen molar-refractivity contribution in [1.29, 1.82) is 0 Å². The van der Waals surface area contributed by atoms with Crippen LogP contribution in [0.5, 0.6) is 0 Å². The third-order valence-electron chi connectivity index (χ3n) is 8.82. The van der Waals surface area contributed by atoms with E-state index in [0.717, 1.165) is 85.3 Å². The second-order valence-corrected chi connectivity index (χ2v) is 11.4. The number of benzene rings is 6. The molecule has 6 aromatic carbocycles. The van der Waals surface area contributed by atoms with Gasteiger partial charge in [0, 0.05) is 28.9 Å². The van der Waals surface area contributed by atoms with Gasteiger partial charge in [-0.25, -0.2) is 9.97 Å². The first-order valence-electron chi connectivity index (χ1n) is 15.4. The van der Waals surface area contributed by atoms with E-state index in [9.17, 15) is 0 Å². The Hall–Kier alpha value is -5.94. The van der Waals surface area contributed by atoms with Gasteiger partial charge in [-0.3, -0.25) is 9.13 Å². The highest BCUT2D eigenvalue weighted by Crippen LogP contribution is 2.48. The van der Waals surface area contributed by atoms with Gasteiger partial charge >= 0.3 is 0 Å². The summed E-state index contributed by atoms with van der Waals surface area (Å²) in [6.07, 6.45) is 0.835. The van der Waals surface area contributed by atoms with Crippen molar-refractivity contribution in [3.63, 3.8) is 0 Å². The van der Waals surface area contributed by atoms with E-state index in [-0.39, 0.29) is 0 Å². The molecule has 2 aromatic heterocycles. The van der Waals surface area contributed by atoms with E-state index in [0.29, 0.717) is 0 Å². The Morgan fingerprint density at radius 1 is 0.511 bits per heavy atom. The van der Waals surface area contributed by atoms with Crippen LogP contribution in [0.25, 0.3) is 56.0 Å². The molecule has 8 aromatic rings. The summed E-state index contributed by atoms with van der Waals surface area (Å²) in [6.45, 7) is 2.18. The van der Waals surface area contributed by atoms with Crippen molar-refractivity contribution in [2.45, 2.75) is 13.3 Å². The van der Waals surface area contributed by atoms with Crippen molar-refractivity contribution in [2.75, 3.05) is 4.90 Å². The number of nitrogens with zero attached hydrogens (tertiary/aromatic N) is 5. The Labute approximate surface area is 261 Å². The van der Waals surface area contributed by atoms with Crippen LogP contribution in [-0.2, 0) is 6.42 Å². The Bertz CT molecular complexity index is 2350. The number of hydrogen-bond donors (Lipinski definition) is 0. The summed E-state index contributed by atoms with van der Waals surface area (Å²) < 4.78 is 4.60. The van der Waals surface area contributed by atoms with Crippen molar-refractivity contribution in [3.05, 3.63) is 151 Å². The molecule has 5 nitrogen and oxygen atoms in total. The molecule has 3 heterocycles. The van der Waals surface area contributed by atoms with E-state index in [1.165, 1.54) is 0 Å². The highest BCUT2D eigenvalue weighted by Gasteiger charge is 2.29. The Morgan fingerprint density at radius 2 is 1.16 bits per heavy atom. The molecule has 0 bridgehead atoms. The fraction of sp³-hybridized carbons (Fsp3) is 0.0500. The molecule has 0 N–H and O–H groups in total. The van der Waals surface area contributed by atoms with Crippen molar-refractivity contribution < 1.29 is 0 Å². The first-order chi connectivity index (χ1) is 22.3. The van der Waals surface area contributed by atoms with Gasteiger partial charge in [-0.05, 0) is 66.2 Å². The summed E-state index contributed by atoms with van der Waals surface area (Å²) >= 11 is 0. The molecule has 0 radical (unpaired) electrons. The van der Waals surface area contributed by atoms with Gasteiger partial charge in [-0.15, -0.1) is 0 Å². The minimum atomic E-state index is 0.835. The lowest BCUT2D eigenvalue weighted by Crippen LogP contribution is -2.19. The lowest BCUT2D eigenvalue weighted by Gasteiger charge is -2.33. The minimum absolute atomic E-state index is 0.835. The summed E-state index contributed by atoms with van der Waals surface area (Å²) in [7, 11) is 0. The molecule has 9 rings (SSSR count). The predicted octanol–water partition coefficient (Wildman–Crippen LogP) is 10.0. The zero-order valence-corrected chi connectivity index (χ0v) is 24.8. The maximum Gasteiger partial charge on any atom is 0.145 e. The van der Waals surface area contributed by atoms with E-state index < -0.39 is 0 Å². The second kappa shape index (κ2) is 10.1. The molecule has 1 aliphatic heterocycles. The predicted molar refractivity (Wildman–Crippen MR) is 184 cm³/mol. The van der Waals surface area contributed by atoms with Gasteiger partial charge in [0.1, 0.15) is 11.6 Å². The minimum Gasteiger partial charge on any atom is -0.306 e. The molecular formula is C40H29N5. The molecule has 0 aliphatic carbocycles. The van der Waals surface area contributed by atoms with Gasteiger partial charge < -0.3 is 4.90 Å². The third-order valence-corrected chi connectivity index (χ3v) is 8.82. The zero-order chi connectivity index (χ0) is 29.9. The summed E-state index contributed by atoms with van der Waals surface area (Å²) in [5.74, 6) is 1.99. The number of imidazole rings is 2. The van der Waals surface area contributed by atoms with E-state index >= 15 is 0 Å². The van der Waals surface area contributed by atoms with Crippen LogP contribution in [-0.4, -0.2) is 19.1 Å². The number of aryl methyl sites for hydroxylation is 1. The smallest absolute Gasteiger partial charge is 0.145 e. The van der Waals surface area contributed by atoms with Gasteiger partial charge in [0.2, 0.25) is 0 Å².